The summed E-state index contributed by atoms with van der Waals surface area (Å²) in [5.41, 5.74) is 1.48. The number of carbonyl (C=O) groups is 4. The van der Waals surface area contributed by atoms with E-state index in [0.717, 1.165) is 16.0 Å². The number of hydrogen-bond donors (Lipinski definition) is 3. The predicted molar refractivity (Wildman–Crippen MR) is 117 cm³/mol. The van der Waals surface area contributed by atoms with Gasteiger partial charge in [0.15, 0.2) is 0 Å². The second kappa shape index (κ2) is 13.1. The summed E-state index contributed by atoms with van der Waals surface area (Å²) in [6.07, 6.45) is -1.92. The fourth-order valence-corrected chi connectivity index (χ4v) is 2.42. The molecular weight excluding hydrogens is 432 g/mol. The Labute approximate surface area is 190 Å². The molecule has 0 spiro atoms. The van der Waals surface area contributed by atoms with Crippen LogP contribution in [0, 0.1) is 0 Å². The van der Waals surface area contributed by atoms with E-state index in [0.29, 0.717) is 0 Å². The number of aliphatic imine (C=N–C) groups is 1. The molecular formula is C22H24N4O7. The zero-order valence-corrected chi connectivity index (χ0v) is 17.9. The minimum Gasteiger partial charge on any atom is -0.480 e. The fraction of sp³-hybridized carbons (Fsp3) is 0.227. The molecule has 33 heavy (non-hydrogen) atoms. The second-order valence-electron chi connectivity index (χ2n) is 6.69. The Balaban J connectivity index is 2.02. The lowest BCUT2D eigenvalue weighted by atomic mass is 10.2. The molecule has 2 aromatic carbocycles. The molecule has 11 nitrogen and oxygen atoms in total. The summed E-state index contributed by atoms with van der Waals surface area (Å²) in [6, 6.07) is 17.8. The van der Waals surface area contributed by atoms with Crippen LogP contribution in [0.2, 0.25) is 0 Å². The van der Waals surface area contributed by atoms with Crippen LogP contribution in [0.1, 0.15) is 11.1 Å². The predicted octanol–water partition coefficient (Wildman–Crippen LogP) is 1.74. The second-order valence-corrected chi connectivity index (χ2v) is 6.69. The molecule has 0 aromatic heterocycles. The van der Waals surface area contributed by atoms with E-state index in [4.69, 9.17) is 14.6 Å². The molecule has 0 heterocycles. The molecule has 0 atom stereocenters. The van der Waals surface area contributed by atoms with Crippen molar-refractivity contribution in [2.24, 2.45) is 4.99 Å². The number of aliphatic carboxylic acids is 1. The normalized spacial score (nSPS) is 10.6. The minimum atomic E-state index is -1.22. The van der Waals surface area contributed by atoms with Gasteiger partial charge in [-0.15, -0.1) is 4.99 Å². The first-order chi connectivity index (χ1) is 15.8. The van der Waals surface area contributed by atoms with E-state index in [-0.39, 0.29) is 19.2 Å². The van der Waals surface area contributed by atoms with Gasteiger partial charge in [0.05, 0.1) is 6.54 Å². The Hall–Kier alpha value is -4.41. The van der Waals surface area contributed by atoms with Crippen molar-refractivity contribution in [1.82, 2.24) is 15.5 Å². The van der Waals surface area contributed by atoms with Gasteiger partial charge in [-0.1, -0.05) is 60.7 Å². The number of amides is 3. The number of likely N-dealkylation sites (N-methyl/N-ethyl adjacent to an activating group) is 1. The molecule has 0 saturated heterocycles. The van der Waals surface area contributed by atoms with Crippen LogP contribution in [0.3, 0.4) is 0 Å². The molecule has 2 rings (SSSR count). The Morgan fingerprint density at radius 2 is 1.45 bits per heavy atom. The monoisotopic (exact) mass is 456 g/mol. The van der Waals surface area contributed by atoms with Crippen LogP contribution >= 0.6 is 0 Å². The molecule has 0 fully saturated rings. The van der Waals surface area contributed by atoms with Gasteiger partial charge in [0.1, 0.15) is 19.8 Å². The van der Waals surface area contributed by atoms with Gasteiger partial charge in [-0.3, -0.25) is 14.9 Å². The van der Waals surface area contributed by atoms with E-state index >= 15 is 0 Å². The van der Waals surface area contributed by atoms with E-state index in [1.165, 1.54) is 7.05 Å². The third-order valence-corrected chi connectivity index (χ3v) is 4.01. The molecule has 3 N–H and O–H groups in total. The zero-order chi connectivity index (χ0) is 24.1. The largest absolute Gasteiger partial charge is 0.480 e. The maximum absolute atomic E-state index is 12.2. The topological polar surface area (TPSA) is 147 Å². The number of rotatable bonds is 8. The quantitative estimate of drug-likeness (QED) is 0.402. The molecule has 0 aliphatic heterocycles. The summed E-state index contributed by atoms with van der Waals surface area (Å²) in [6.45, 7) is -1.04. The third-order valence-electron chi connectivity index (χ3n) is 4.01. The lowest BCUT2D eigenvalue weighted by Gasteiger charge is -2.20. The van der Waals surface area contributed by atoms with Gasteiger partial charge >= 0.3 is 18.2 Å². The molecule has 0 unspecified atom stereocenters. The summed E-state index contributed by atoms with van der Waals surface area (Å²) in [5, 5.41) is 13.1. The Kier molecular flexibility index (Phi) is 9.87. The van der Waals surface area contributed by atoms with Crippen molar-refractivity contribution in [3.05, 3.63) is 71.8 Å². The van der Waals surface area contributed by atoms with Crippen LogP contribution in [-0.2, 0) is 32.3 Å². The molecule has 0 radical (unpaired) electrons. The Morgan fingerprint density at radius 3 is 2.00 bits per heavy atom. The maximum Gasteiger partial charge on any atom is 0.437 e. The highest BCUT2D eigenvalue weighted by Gasteiger charge is 2.18. The van der Waals surface area contributed by atoms with Gasteiger partial charge in [-0.05, 0) is 11.1 Å². The highest BCUT2D eigenvalue weighted by Crippen LogP contribution is 2.03. The van der Waals surface area contributed by atoms with Gasteiger partial charge in [0.2, 0.25) is 11.9 Å². The Bertz CT molecular complexity index is 981. The van der Waals surface area contributed by atoms with E-state index in [1.54, 1.807) is 48.5 Å². The molecule has 0 bridgehead atoms. The number of nitrogens with zero attached hydrogens (tertiary/aromatic N) is 2. The number of ether oxygens (including phenoxy) is 2. The summed E-state index contributed by atoms with van der Waals surface area (Å²) in [4.78, 5) is 51.8. The molecule has 3 amide bonds. The highest BCUT2D eigenvalue weighted by atomic mass is 16.6. The molecule has 11 heteroatoms. The van der Waals surface area contributed by atoms with Gasteiger partial charge in [-0.2, -0.15) is 0 Å². The van der Waals surface area contributed by atoms with Crippen molar-refractivity contribution in [2.75, 3.05) is 20.1 Å². The van der Waals surface area contributed by atoms with Crippen molar-refractivity contribution >= 4 is 30.0 Å². The standard InChI is InChI=1S/C22H24N4O7/c1-26(13-18(27)23-12-19(28)29)20(24-21(30)32-14-16-8-4-2-5-9-16)25-22(31)33-15-17-10-6-3-7-11-17/h2-11H,12-15H2,1H3,(H,23,27)(H,28,29)(H,24,25,30,31). The fourth-order valence-electron chi connectivity index (χ4n) is 2.42. The summed E-state index contributed by atoms with van der Waals surface area (Å²) in [5.74, 6) is -2.19. The van der Waals surface area contributed by atoms with E-state index in [1.807, 2.05) is 12.1 Å². The number of benzene rings is 2. The van der Waals surface area contributed by atoms with E-state index < -0.39 is 37.2 Å². The molecule has 0 aliphatic carbocycles. The van der Waals surface area contributed by atoms with Crippen LogP contribution in [-0.4, -0.2) is 60.2 Å². The first kappa shape index (κ1) is 24.9. The van der Waals surface area contributed by atoms with Crippen molar-refractivity contribution in [3.8, 4) is 0 Å². The summed E-state index contributed by atoms with van der Waals surface area (Å²) < 4.78 is 10.2. The maximum atomic E-state index is 12.2. The van der Waals surface area contributed by atoms with Crippen LogP contribution < -0.4 is 10.6 Å². The van der Waals surface area contributed by atoms with Crippen LogP contribution in [0.5, 0.6) is 0 Å². The zero-order valence-electron chi connectivity index (χ0n) is 17.9. The minimum absolute atomic E-state index is 0.0266. The molecule has 2 aromatic rings. The number of alkyl carbamates (subject to hydrolysis) is 1. The number of guanidine groups is 1. The Morgan fingerprint density at radius 1 is 0.909 bits per heavy atom. The summed E-state index contributed by atoms with van der Waals surface area (Å²) in [7, 11) is 1.38. The van der Waals surface area contributed by atoms with Crippen LogP contribution in [0.25, 0.3) is 0 Å². The first-order valence-electron chi connectivity index (χ1n) is 9.80. The smallest absolute Gasteiger partial charge is 0.437 e. The van der Waals surface area contributed by atoms with E-state index in [2.05, 4.69) is 15.6 Å². The lowest BCUT2D eigenvalue weighted by Crippen LogP contribution is -2.47. The average Bonchev–Trinajstić information content (AvgIpc) is 2.81. The van der Waals surface area contributed by atoms with Crippen LogP contribution in [0.15, 0.2) is 65.7 Å². The molecule has 0 saturated carbocycles. The number of hydrogen-bond acceptors (Lipinski definition) is 6. The van der Waals surface area contributed by atoms with Crippen molar-refractivity contribution in [1.29, 1.82) is 0 Å². The number of nitrogens with one attached hydrogen (secondary N) is 2. The third kappa shape index (κ3) is 9.96. The van der Waals surface area contributed by atoms with Gasteiger partial charge in [-0.25, -0.2) is 9.59 Å². The number of carbonyl (C=O) groups excluding carboxylic acids is 3. The van der Waals surface area contributed by atoms with Crippen molar-refractivity contribution in [2.45, 2.75) is 13.2 Å². The summed E-state index contributed by atoms with van der Waals surface area (Å²) >= 11 is 0. The van der Waals surface area contributed by atoms with Crippen LogP contribution in [0.4, 0.5) is 9.59 Å². The van der Waals surface area contributed by atoms with Crippen molar-refractivity contribution < 1.29 is 33.8 Å². The number of carboxylic acid groups (broad SMARTS) is 1. The molecule has 0 aliphatic rings. The van der Waals surface area contributed by atoms with Gasteiger partial charge < -0.3 is 24.8 Å². The SMILES string of the molecule is CN(CC(=O)NCC(=O)O)/C(=N/C(=O)OCc1ccccc1)NC(=O)OCc1ccccc1. The highest BCUT2D eigenvalue weighted by molar-refractivity contribution is 6.00. The van der Waals surface area contributed by atoms with Gasteiger partial charge in [0.25, 0.3) is 0 Å². The average molecular weight is 456 g/mol. The van der Waals surface area contributed by atoms with Gasteiger partial charge in [0, 0.05) is 7.05 Å². The lowest BCUT2D eigenvalue weighted by molar-refractivity contribution is -0.137. The number of carboxylic acids is 1. The first-order valence-corrected chi connectivity index (χ1v) is 9.80. The molecule has 174 valence electrons. The van der Waals surface area contributed by atoms with E-state index in [9.17, 15) is 19.2 Å². The van der Waals surface area contributed by atoms with Crippen molar-refractivity contribution in [3.63, 3.8) is 0 Å².